The Morgan fingerprint density at radius 3 is 2.68 bits per heavy atom. The van der Waals surface area contributed by atoms with Crippen LogP contribution in [0.5, 0.6) is 0 Å². The monoisotopic (exact) mass is 282 g/mol. The zero-order valence-corrected chi connectivity index (χ0v) is 12.1. The number of aryl methyl sites for hydroxylation is 1. The van der Waals surface area contributed by atoms with E-state index in [0.717, 1.165) is 11.3 Å². The van der Waals surface area contributed by atoms with Gasteiger partial charge in [-0.3, -0.25) is 4.79 Å². The van der Waals surface area contributed by atoms with Crippen molar-refractivity contribution in [1.82, 2.24) is 10.2 Å². The number of anilines is 1. The lowest BCUT2D eigenvalue weighted by Crippen LogP contribution is -2.19. The summed E-state index contributed by atoms with van der Waals surface area (Å²) in [4.78, 5) is 11.5. The van der Waals surface area contributed by atoms with Gasteiger partial charge < -0.3 is 15.8 Å². The molecule has 0 radical (unpaired) electrons. The third-order valence-corrected chi connectivity index (χ3v) is 2.83. The molecule has 1 aromatic rings. The van der Waals surface area contributed by atoms with Gasteiger partial charge in [0.05, 0.1) is 24.3 Å². The molecule has 104 valence electrons. The van der Waals surface area contributed by atoms with E-state index in [1.54, 1.807) is 6.92 Å². The van der Waals surface area contributed by atoms with E-state index in [1.807, 2.05) is 13.8 Å². The summed E-state index contributed by atoms with van der Waals surface area (Å²) in [5, 5.41) is 11.0. The Morgan fingerprint density at radius 1 is 1.42 bits per heavy atom. The molecule has 0 bridgehead atoms. The van der Waals surface area contributed by atoms with E-state index in [4.69, 9.17) is 22.7 Å². The largest absolute Gasteiger partial charge is 0.466 e. The lowest BCUT2D eigenvalue weighted by atomic mass is 10.1. The van der Waals surface area contributed by atoms with Crippen LogP contribution in [0.3, 0.4) is 0 Å². The zero-order chi connectivity index (χ0) is 14.4. The van der Waals surface area contributed by atoms with Gasteiger partial charge in [-0.15, -0.1) is 5.10 Å². The first-order chi connectivity index (χ1) is 8.97. The number of nitrogens with two attached hydrogens (primary N) is 1. The molecule has 3 N–H and O–H groups in total. The Hall–Kier alpha value is -1.76. The summed E-state index contributed by atoms with van der Waals surface area (Å²) in [6, 6.07) is 0. The molecule has 0 aliphatic rings. The summed E-state index contributed by atoms with van der Waals surface area (Å²) in [6.07, 6.45) is 0.249. The molecule has 0 saturated carbocycles. The number of thiocarbonyl (C=S) groups is 1. The Bertz CT molecular complexity index is 491. The van der Waals surface area contributed by atoms with Crippen LogP contribution in [0.4, 0.5) is 5.82 Å². The summed E-state index contributed by atoms with van der Waals surface area (Å²) in [6.45, 7) is 6.26. The maximum Gasteiger partial charge on any atom is 0.307 e. The minimum atomic E-state index is -0.260. The number of nitrogens with one attached hydrogen (secondary N) is 1. The molecule has 0 atom stereocenters. The summed E-state index contributed by atoms with van der Waals surface area (Å²) >= 11 is 5.02. The fraction of sp³-hybridized carbons (Fsp3) is 0.500. The standard InChI is InChI=1S/C12H18N4O2S/c1-4-18-9(17)5-6-14-12-10(11(13)19)7(2)8(3)15-16-12/h4-6H2,1-3H3,(H2,13,19)(H,14,16). The van der Waals surface area contributed by atoms with E-state index in [9.17, 15) is 4.79 Å². The van der Waals surface area contributed by atoms with Crippen LogP contribution >= 0.6 is 12.2 Å². The van der Waals surface area contributed by atoms with Gasteiger partial charge in [-0.25, -0.2) is 0 Å². The molecule has 0 unspecified atom stereocenters. The van der Waals surface area contributed by atoms with Crippen LogP contribution in [-0.2, 0) is 9.53 Å². The fourth-order valence-electron chi connectivity index (χ4n) is 1.55. The highest BCUT2D eigenvalue weighted by atomic mass is 32.1. The second-order valence-corrected chi connectivity index (χ2v) is 4.42. The first kappa shape index (κ1) is 15.3. The quantitative estimate of drug-likeness (QED) is 0.596. The zero-order valence-electron chi connectivity index (χ0n) is 11.3. The molecule has 0 aromatic carbocycles. The van der Waals surface area contributed by atoms with Gasteiger partial charge in [-0.2, -0.15) is 5.10 Å². The molecule has 1 rings (SSSR count). The van der Waals surface area contributed by atoms with Crippen LogP contribution in [0.2, 0.25) is 0 Å². The van der Waals surface area contributed by atoms with Crippen molar-refractivity contribution in [3.63, 3.8) is 0 Å². The Morgan fingerprint density at radius 2 is 2.11 bits per heavy atom. The number of carbonyl (C=O) groups is 1. The van der Waals surface area contributed by atoms with Gasteiger partial charge in [0.15, 0.2) is 5.82 Å². The smallest absolute Gasteiger partial charge is 0.307 e. The molecule has 1 aromatic heterocycles. The van der Waals surface area contributed by atoms with Crippen molar-refractivity contribution < 1.29 is 9.53 Å². The highest BCUT2D eigenvalue weighted by Gasteiger charge is 2.13. The molecule has 0 amide bonds. The van der Waals surface area contributed by atoms with Crippen molar-refractivity contribution in [1.29, 1.82) is 0 Å². The van der Waals surface area contributed by atoms with E-state index in [-0.39, 0.29) is 17.4 Å². The van der Waals surface area contributed by atoms with Gasteiger partial charge in [0.1, 0.15) is 4.99 Å². The van der Waals surface area contributed by atoms with E-state index < -0.39 is 0 Å². The number of nitrogens with zero attached hydrogens (tertiary/aromatic N) is 2. The molecule has 0 aliphatic heterocycles. The second-order valence-electron chi connectivity index (χ2n) is 3.98. The normalized spacial score (nSPS) is 10.1. The number of aromatic nitrogens is 2. The summed E-state index contributed by atoms with van der Waals surface area (Å²) in [5.74, 6) is 0.239. The number of hydrogen-bond acceptors (Lipinski definition) is 6. The van der Waals surface area contributed by atoms with Gasteiger partial charge in [-0.1, -0.05) is 12.2 Å². The molecule has 0 saturated heterocycles. The third-order valence-electron chi connectivity index (χ3n) is 2.63. The Kier molecular flexibility index (Phi) is 5.62. The van der Waals surface area contributed by atoms with E-state index in [2.05, 4.69) is 15.5 Å². The van der Waals surface area contributed by atoms with Gasteiger partial charge >= 0.3 is 5.97 Å². The van der Waals surface area contributed by atoms with Crippen LogP contribution in [0.15, 0.2) is 0 Å². The van der Waals surface area contributed by atoms with Crippen molar-refractivity contribution in [3.8, 4) is 0 Å². The SMILES string of the molecule is CCOC(=O)CCNc1nnc(C)c(C)c1C(N)=S. The molecule has 0 fully saturated rings. The lowest BCUT2D eigenvalue weighted by Gasteiger charge is -2.12. The van der Waals surface area contributed by atoms with Gasteiger partial charge in [0, 0.05) is 6.54 Å². The molecule has 0 aliphatic carbocycles. The van der Waals surface area contributed by atoms with Crippen molar-refractivity contribution in [2.45, 2.75) is 27.2 Å². The molecular weight excluding hydrogens is 264 g/mol. The molecule has 19 heavy (non-hydrogen) atoms. The van der Waals surface area contributed by atoms with Gasteiger partial charge in [-0.05, 0) is 26.3 Å². The van der Waals surface area contributed by atoms with Crippen molar-refractivity contribution in [2.75, 3.05) is 18.5 Å². The van der Waals surface area contributed by atoms with Crippen molar-refractivity contribution in [3.05, 3.63) is 16.8 Å². The summed E-state index contributed by atoms with van der Waals surface area (Å²) in [7, 11) is 0. The molecule has 1 heterocycles. The predicted molar refractivity (Wildman–Crippen MR) is 77.1 cm³/mol. The van der Waals surface area contributed by atoms with Crippen LogP contribution in [0.25, 0.3) is 0 Å². The van der Waals surface area contributed by atoms with E-state index in [0.29, 0.717) is 24.5 Å². The maximum absolute atomic E-state index is 11.2. The molecular formula is C12H18N4O2S. The average molecular weight is 282 g/mol. The third kappa shape index (κ3) is 4.13. The number of hydrogen-bond donors (Lipinski definition) is 2. The van der Waals surface area contributed by atoms with Gasteiger partial charge in [0.25, 0.3) is 0 Å². The topological polar surface area (TPSA) is 90.1 Å². The summed E-state index contributed by atoms with van der Waals surface area (Å²) < 4.78 is 4.83. The van der Waals surface area contributed by atoms with Crippen molar-refractivity contribution in [2.24, 2.45) is 5.73 Å². The minimum absolute atomic E-state index is 0.249. The van der Waals surface area contributed by atoms with E-state index in [1.165, 1.54) is 0 Å². The molecule has 0 spiro atoms. The van der Waals surface area contributed by atoms with E-state index >= 15 is 0 Å². The van der Waals surface area contributed by atoms with Gasteiger partial charge in [0.2, 0.25) is 0 Å². The number of esters is 1. The Labute approximate surface area is 117 Å². The lowest BCUT2D eigenvalue weighted by molar-refractivity contribution is -0.142. The number of rotatable bonds is 6. The number of carbonyl (C=O) groups excluding carboxylic acids is 1. The van der Waals surface area contributed by atoms with Crippen molar-refractivity contribution >= 4 is 29.0 Å². The van der Waals surface area contributed by atoms with Crippen LogP contribution in [0, 0.1) is 13.8 Å². The number of ether oxygens (including phenoxy) is 1. The first-order valence-electron chi connectivity index (χ1n) is 6.00. The average Bonchev–Trinajstić information content (AvgIpc) is 2.33. The van der Waals surface area contributed by atoms with Crippen LogP contribution in [0.1, 0.15) is 30.2 Å². The molecule has 6 nitrogen and oxygen atoms in total. The first-order valence-corrected chi connectivity index (χ1v) is 6.41. The highest BCUT2D eigenvalue weighted by molar-refractivity contribution is 7.80. The van der Waals surface area contributed by atoms with Crippen LogP contribution in [-0.4, -0.2) is 34.3 Å². The summed E-state index contributed by atoms with van der Waals surface area (Å²) in [5.41, 5.74) is 8.03. The Balaban J connectivity index is 2.76. The second kappa shape index (κ2) is 6.98. The predicted octanol–water partition coefficient (Wildman–Crippen LogP) is 1.09. The fourth-order valence-corrected chi connectivity index (χ4v) is 1.80. The molecule has 7 heteroatoms. The highest BCUT2D eigenvalue weighted by Crippen LogP contribution is 2.18. The minimum Gasteiger partial charge on any atom is -0.466 e. The maximum atomic E-state index is 11.2. The van der Waals surface area contributed by atoms with Crippen LogP contribution < -0.4 is 11.1 Å².